The lowest BCUT2D eigenvalue weighted by Crippen LogP contribution is -2.56. The van der Waals surface area contributed by atoms with E-state index >= 15 is 0 Å². The molecule has 1 spiro atoms. The van der Waals surface area contributed by atoms with E-state index in [0.29, 0.717) is 32.3 Å². The van der Waals surface area contributed by atoms with Crippen LogP contribution in [0.25, 0.3) is 11.1 Å². The van der Waals surface area contributed by atoms with Crippen molar-refractivity contribution in [2.24, 2.45) is 0 Å². The molecule has 0 aromatic heterocycles. The average molecular weight is 424 g/mol. The Bertz CT molecular complexity index is 920. The van der Waals surface area contributed by atoms with Gasteiger partial charge in [0, 0.05) is 18.8 Å². The van der Waals surface area contributed by atoms with Crippen LogP contribution in [0.5, 0.6) is 0 Å². The number of aliphatic hydroxyl groups is 1. The number of nitrogens with one attached hydrogen (secondary N) is 1. The van der Waals surface area contributed by atoms with E-state index in [1.165, 1.54) is 22.3 Å². The predicted molar refractivity (Wildman–Crippen MR) is 116 cm³/mol. The zero-order chi connectivity index (χ0) is 21.5. The lowest BCUT2D eigenvalue weighted by molar-refractivity contribution is -0.195. The molecule has 2 fully saturated rings. The monoisotopic (exact) mass is 423 g/mol. The van der Waals surface area contributed by atoms with Gasteiger partial charge in [0.25, 0.3) is 0 Å². The van der Waals surface area contributed by atoms with E-state index in [1.807, 2.05) is 31.2 Å². The van der Waals surface area contributed by atoms with E-state index in [-0.39, 0.29) is 25.2 Å². The van der Waals surface area contributed by atoms with Gasteiger partial charge in [0.15, 0.2) is 5.79 Å². The zero-order valence-electron chi connectivity index (χ0n) is 17.8. The number of hydrogen-bond donors (Lipinski definition) is 2. The van der Waals surface area contributed by atoms with Gasteiger partial charge in [0.05, 0.1) is 24.9 Å². The number of alkyl carbamates (subject to hydrolysis) is 1. The van der Waals surface area contributed by atoms with Crippen molar-refractivity contribution >= 4 is 6.09 Å². The minimum Gasteiger partial charge on any atom is -0.449 e. The summed E-state index contributed by atoms with van der Waals surface area (Å²) in [6.45, 7) is 2.71. The molecule has 1 saturated heterocycles. The van der Waals surface area contributed by atoms with Gasteiger partial charge >= 0.3 is 6.09 Å². The summed E-state index contributed by atoms with van der Waals surface area (Å²) in [6.07, 6.45) is 2.04. The Morgan fingerprint density at radius 1 is 1.06 bits per heavy atom. The highest BCUT2D eigenvalue weighted by Crippen LogP contribution is 2.45. The highest BCUT2D eigenvalue weighted by molar-refractivity contribution is 5.79. The summed E-state index contributed by atoms with van der Waals surface area (Å²) < 4.78 is 17.5. The maximum absolute atomic E-state index is 12.7. The predicted octanol–water partition coefficient (Wildman–Crippen LogP) is 3.96. The molecule has 1 saturated carbocycles. The first-order valence-corrected chi connectivity index (χ1v) is 11.1. The first-order valence-electron chi connectivity index (χ1n) is 11.1. The SMILES string of the molecule is CC1COC2(CCC(CO)(NC(=O)OCC3c4ccccc4-c4ccccc43)CC2)O1. The largest absolute Gasteiger partial charge is 0.449 e. The topological polar surface area (TPSA) is 77.0 Å². The molecule has 2 aromatic rings. The fourth-order valence-corrected chi connectivity index (χ4v) is 5.25. The highest BCUT2D eigenvalue weighted by Gasteiger charge is 2.48. The average Bonchev–Trinajstić information content (AvgIpc) is 3.32. The van der Waals surface area contributed by atoms with Crippen LogP contribution in [-0.4, -0.2) is 48.5 Å². The first-order chi connectivity index (χ1) is 15.0. The Balaban J connectivity index is 1.23. The van der Waals surface area contributed by atoms with Crippen LogP contribution in [0.4, 0.5) is 4.79 Å². The number of benzene rings is 2. The third-order valence-corrected chi connectivity index (χ3v) is 6.98. The van der Waals surface area contributed by atoms with Gasteiger partial charge < -0.3 is 24.6 Å². The summed E-state index contributed by atoms with van der Waals surface area (Å²) in [4.78, 5) is 12.7. The van der Waals surface area contributed by atoms with E-state index in [4.69, 9.17) is 14.2 Å². The van der Waals surface area contributed by atoms with E-state index in [0.717, 1.165) is 0 Å². The van der Waals surface area contributed by atoms with Crippen molar-refractivity contribution < 1.29 is 24.1 Å². The number of ether oxygens (including phenoxy) is 3. The number of fused-ring (bicyclic) bond motifs is 3. The fraction of sp³-hybridized carbons (Fsp3) is 0.480. The Morgan fingerprint density at radius 2 is 1.68 bits per heavy atom. The van der Waals surface area contributed by atoms with Crippen LogP contribution < -0.4 is 5.32 Å². The lowest BCUT2D eigenvalue weighted by atomic mass is 9.79. The molecule has 0 bridgehead atoms. The molecule has 164 valence electrons. The highest BCUT2D eigenvalue weighted by atomic mass is 16.7. The molecule has 6 heteroatoms. The smallest absolute Gasteiger partial charge is 0.407 e. The van der Waals surface area contributed by atoms with E-state index in [1.54, 1.807) is 0 Å². The van der Waals surface area contributed by atoms with Gasteiger partial charge in [-0.2, -0.15) is 0 Å². The molecule has 31 heavy (non-hydrogen) atoms. The quantitative estimate of drug-likeness (QED) is 0.778. The Hall–Kier alpha value is -2.41. The van der Waals surface area contributed by atoms with Crippen molar-refractivity contribution in [3.63, 3.8) is 0 Å². The Labute approximate surface area is 182 Å². The maximum atomic E-state index is 12.7. The number of amides is 1. The standard InChI is InChI=1S/C25H29NO5/c1-17-14-30-25(31-17)12-10-24(16-27,11-13-25)26-23(28)29-15-22-20-8-4-2-6-18(20)19-7-3-5-9-21(19)22/h2-9,17,22,27H,10-16H2,1H3,(H,26,28). The Kier molecular flexibility index (Phi) is 5.24. The molecule has 1 atom stereocenters. The van der Waals surface area contributed by atoms with Gasteiger partial charge in [-0.1, -0.05) is 48.5 Å². The van der Waals surface area contributed by atoms with Crippen LogP contribution in [-0.2, 0) is 14.2 Å². The molecule has 0 radical (unpaired) electrons. The van der Waals surface area contributed by atoms with Crippen molar-refractivity contribution in [3.05, 3.63) is 59.7 Å². The van der Waals surface area contributed by atoms with Crippen molar-refractivity contribution in [1.29, 1.82) is 0 Å². The van der Waals surface area contributed by atoms with Gasteiger partial charge in [-0.15, -0.1) is 0 Å². The summed E-state index contributed by atoms with van der Waals surface area (Å²) in [6, 6.07) is 16.5. The lowest BCUT2D eigenvalue weighted by Gasteiger charge is -2.43. The van der Waals surface area contributed by atoms with Crippen LogP contribution in [0.15, 0.2) is 48.5 Å². The second kappa shape index (κ2) is 7.93. The minimum absolute atomic E-state index is 0.0135. The summed E-state index contributed by atoms with van der Waals surface area (Å²) in [5, 5.41) is 13.0. The fourth-order valence-electron chi connectivity index (χ4n) is 5.25. The third kappa shape index (κ3) is 3.73. The molecule has 1 unspecified atom stereocenters. The molecular formula is C25H29NO5. The molecule has 1 amide bonds. The molecule has 1 aliphatic heterocycles. The maximum Gasteiger partial charge on any atom is 0.407 e. The van der Waals surface area contributed by atoms with Crippen LogP contribution in [0.2, 0.25) is 0 Å². The normalized spacial score (nSPS) is 29.5. The number of carbonyl (C=O) groups is 1. The molecule has 5 rings (SSSR count). The minimum atomic E-state index is -0.702. The van der Waals surface area contributed by atoms with E-state index in [2.05, 4.69) is 29.6 Å². The van der Waals surface area contributed by atoms with Crippen LogP contribution in [0, 0.1) is 0 Å². The molecular weight excluding hydrogens is 394 g/mol. The van der Waals surface area contributed by atoms with E-state index < -0.39 is 17.4 Å². The van der Waals surface area contributed by atoms with Crippen molar-refractivity contribution in [1.82, 2.24) is 5.32 Å². The molecule has 6 nitrogen and oxygen atoms in total. The first kappa shape index (κ1) is 20.5. The molecule has 3 aliphatic rings. The number of aliphatic hydroxyl groups excluding tert-OH is 1. The summed E-state index contributed by atoms with van der Waals surface area (Å²) in [7, 11) is 0. The Morgan fingerprint density at radius 3 is 2.23 bits per heavy atom. The molecule has 2 N–H and O–H groups in total. The van der Waals surface area contributed by atoms with Gasteiger partial charge in [-0.3, -0.25) is 0 Å². The van der Waals surface area contributed by atoms with Crippen molar-refractivity contribution in [2.45, 2.75) is 56.0 Å². The van der Waals surface area contributed by atoms with Gasteiger partial charge in [0.2, 0.25) is 0 Å². The number of hydrogen-bond acceptors (Lipinski definition) is 5. The second-order valence-corrected chi connectivity index (χ2v) is 9.04. The van der Waals surface area contributed by atoms with Crippen molar-refractivity contribution in [3.8, 4) is 11.1 Å². The molecule has 2 aromatic carbocycles. The number of rotatable bonds is 4. The van der Waals surface area contributed by atoms with Gasteiger partial charge in [-0.05, 0) is 42.0 Å². The molecule has 2 aliphatic carbocycles. The summed E-state index contributed by atoms with van der Waals surface area (Å²) >= 11 is 0. The van der Waals surface area contributed by atoms with Gasteiger partial charge in [-0.25, -0.2) is 4.79 Å². The van der Waals surface area contributed by atoms with Crippen molar-refractivity contribution in [2.75, 3.05) is 19.8 Å². The number of carbonyl (C=O) groups excluding carboxylic acids is 1. The van der Waals surface area contributed by atoms with Crippen LogP contribution >= 0.6 is 0 Å². The second-order valence-electron chi connectivity index (χ2n) is 9.04. The third-order valence-electron chi connectivity index (χ3n) is 6.98. The van der Waals surface area contributed by atoms with Crippen LogP contribution in [0.3, 0.4) is 0 Å². The van der Waals surface area contributed by atoms with Gasteiger partial charge in [0.1, 0.15) is 6.61 Å². The summed E-state index contributed by atoms with van der Waals surface area (Å²) in [5.74, 6) is -0.555. The van der Waals surface area contributed by atoms with E-state index in [9.17, 15) is 9.90 Å². The zero-order valence-corrected chi connectivity index (χ0v) is 17.8. The summed E-state index contributed by atoms with van der Waals surface area (Å²) in [5.41, 5.74) is 4.05. The van der Waals surface area contributed by atoms with Crippen LogP contribution in [0.1, 0.15) is 49.7 Å². The molecule has 1 heterocycles.